The van der Waals surface area contributed by atoms with Crippen LogP contribution in [0.3, 0.4) is 0 Å². The van der Waals surface area contributed by atoms with Gasteiger partial charge in [0.1, 0.15) is 6.04 Å². The minimum atomic E-state index is -3.39. The summed E-state index contributed by atoms with van der Waals surface area (Å²) in [6, 6.07) is -0.752. The lowest BCUT2D eigenvalue weighted by atomic mass is 10.0. The summed E-state index contributed by atoms with van der Waals surface area (Å²) in [7, 11) is -2.15. The Morgan fingerprint density at radius 2 is 1.90 bits per heavy atom. The molecule has 1 amide bonds. The van der Waals surface area contributed by atoms with Crippen molar-refractivity contribution in [1.82, 2.24) is 10.0 Å². The first-order valence-electron chi connectivity index (χ1n) is 6.62. The molecule has 1 saturated carbocycles. The maximum atomic E-state index is 11.7. The van der Waals surface area contributed by atoms with Crippen molar-refractivity contribution in [2.45, 2.75) is 44.4 Å². The fraction of sp³-hybridized carbons (Fsp3) is 0.833. The number of rotatable bonds is 8. The maximum Gasteiger partial charge on any atom is 0.328 e. The predicted octanol–water partition coefficient (Wildman–Crippen LogP) is -0.228. The van der Waals surface area contributed by atoms with Gasteiger partial charge in [-0.1, -0.05) is 13.8 Å². The first-order valence-corrected chi connectivity index (χ1v) is 8.16. The molecule has 0 spiro atoms. The van der Waals surface area contributed by atoms with Gasteiger partial charge < -0.3 is 10.1 Å². The number of methoxy groups -OCH3 is 1. The molecule has 1 aliphatic rings. The summed E-state index contributed by atoms with van der Waals surface area (Å²) in [5.74, 6) is -0.870. The first kappa shape index (κ1) is 16.9. The number of carbonyl (C=O) groups is 2. The van der Waals surface area contributed by atoms with Crippen LogP contribution in [0.4, 0.5) is 0 Å². The molecule has 1 aliphatic carbocycles. The normalized spacial score (nSPS) is 16.8. The molecule has 1 unspecified atom stereocenters. The van der Waals surface area contributed by atoms with E-state index >= 15 is 0 Å². The molecule has 2 N–H and O–H groups in total. The molecule has 1 atom stereocenters. The molecular weight excluding hydrogens is 284 g/mol. The topological polar surface area (TPSA) is 102 Å². The maximum absolute atomic E-state index is 11.7. The summed E-state index contributed by atoms with van der Waals surface area (Å²) in [4.78, 5) is 23.2. The molecule has 20 heavy (non-hydrogen) atoms. The number of carbonyl (C=O) groups excluding carboxylic acids is 2. The van der Waals surface area contributed by atoms with Crippen LogP contribution in [0.15, 0.2) is 0 Å². The van der Waals surface area contributed by atoms with Gasteiger partial charge in [-0.25, -0.2) is 17.9 Å². The van der Waals surface area contributed by atoms with Crippen molar-refractivity contribution >= 4 is 21.9 Å². The number of esters is 1. The number of amides is 1. The van der Waals surface area contributed by atoms with Gasteiger partial charge in [-0.2, -0.15) is 0 Å². The van der Waals surface area contributed by atoms with E-state index in [4.69, 9.17) is 0 Å². The van der Waals surface area contributed by atoms with E-state index in [0.29, 0.717) is 19.3 Å². The second-order valence-electron chi connectivity index (χ2n) is 5.34. The minimum absolute atomic E-state index is 0.197. The van der Waals surface area contributed by atoms with Crippen molar-refractivity contribution in [2.24, 2.45) is 5.92 Å². The van der Waals surface area contributed by atoms with Crippen LogP contribution >= 0.6 is 0 Å². The standard InChI is InChI=1S/C12H22N2O5S/c1-8(2)6-10(12(16)19-3)14-11(15)7-13-20(17,18)9-4-5-9/h8-10,13H,4-7H2,1-3H3,(H,14,15). The average Bonchev–Trinajstić information content (AvgIpc) is 3.18. The van der Waals surface area contributed by atoms with Crippen molar-refractivity contribution in [3.63, 3.8) is 0 Å². The fourth-order valence-corrected chi connectivity index (χ4v) is 3.06. The Morgan fingerprint density at radius 1 is 1.30 bits per heavy atom. The number of nitrogens with one attached hydrogen (secondary N) is 2. The quantitative estimate of drug-likeness (QED) is 0.603. The highest BCUT2D eigenvalue weighted by molar-refractivity contribution is 7.90. The third kappa shape index (κ3) is 5.46. The van der Waals surface area contributed by atoms with Gasteiger partial charge >= 0.3 is 5.97 Å². The van der Waals surface area contributed by atoms with Crippen LogP contribution in [-0.2, 0) is 24.3 Å². The van der Waals surface area contributed by atoms with Crippen molar-refractivity contribution in [1.29, 1.82) is 0 Å². The molecule has 8 heteroatoms. The smallest absolute Gasteiger partial charge is 0.328 e. The molecule has 7 nitrogen and oxygen atoms in total. The van der Waals surface area contributed by atoms with Crippen LogP contribution < -0.4 is 10.0 Å². The molecule has 0 aromatic heterocycles. The van der Waals surface area contributed by atoms with Gasteiger partial charge in [0.25, 0.3) is 0 Å². The van der Waals surface area contributed by atoms with Crippen LogP contribution in [0.2, 0.25) is 0 Å². The van der Waals surface area contributed by atoms with E-state index in [1.807, 2.05) is 13.8 Å². The van der Waals surface area contributed by atoms with E-state index in [1.54, 1.807) is 0 Å². The molecule has 0 saturated heterocycles. The highest BCUT2D eigenvalue weighted by Crippen LogP contribution is 2.27. The SMILES string of the molecule is COC(=O)C(CC(C)C)NC(=O)CNS(=O)(=O)C1CC1. The summed E-state index contributed by atoms with van der Waals surface area (Å²) in [5.41, 5.74) is 0. The second-order valence-corrected chi connectivity index (χ2v) is 7.38. The minimum Gasteiger partial charge on any atom is -0.467 e. The lowest BCUT2D eigenvalue weighted by Crippen LogP contribution is -2.46. The summed E-state index contributed by atoms with van der Waals surface area (Å²) in [5, 5.41) is 2.12. The van der Waals surface area contributed by atoms with Gasteiger partial charge in [-0.15, -0.1) is 0 Å². The Balaban J connectivity index is 2.46. The van der Waals surface area contributed by atoms with Crippen molar-refractivity contribution in [2.75, 3.05) is 13.7 Å². The van der Waals surface area contributed by atoms with E-state index in [2.05, 4.69) is 14.8 Å². The number of sulfonamides is 1. The largest absolute Gasteiger partial charge is 0.467 e. The summed E-state index contributed by atoms with van der Waals surface area (Å²) < 4.78 is 30.0. The van der Waals surface area contributed by atoms with Gasteiger partial charge in [-0.05, 0) is 25.2 Å². The lowest BCUT2D eigenvalue weighted by Gasteiger charge is -2.18. The summed E-state index contributed by atoms with van der Waals surface area (Å²) in [6.07, 6.45) is 1.71. The van der Waals surface area contributed by atoms with Crippen LogP contribution in [0.1, 0.15) is 33.1 Å². The summed E-state index contributed by atoms with van der Waals surface area (Å²) >= 11 is 0. The third-order valence-electron chi connectivity index (χ3n) is 2.93. The molecule has 0 heterocycles. The zero-order chi connectivity index (χ0) is 15.3. The van der Waals surface area contributed by atoms with E-state index in [1.165, 1.54) is 7.11 Å². The van der Waals surface area contributed by atoms with E-state index in [-0.39, 0.29) is 17.7 Å². The second kappa shape index (κ2) is 7.03. The predicted molar refractivity (Wildman–Crippen MR) is 73.3 cm³/mol. The lowest BCUT2D eigenvalue weighted by molar-refractivity contribution is -0.145. The van der Waals surface area contributed by atoms with Gasteiger partial charge in [0.15, 0.2) is 0 Å². The molecule has 0 aromatic rings. The number of ether oxygens (including phenoxy) is 1. The average molecular weight is 306 g/mol. The Kier molecular flexibility index (Phi) is 5.94. The van der Waals surface area contributed by atoms with Crippen LogP contribution in [0.25, 0.3) is 0 Å². The Labute approximate surface area is 119 Å². The molecule has 0 aliphatic heterocycles. The van der Waals surface area contributed by atoms with Gasteiger partial charge in [-0.3, -0.25) is 4.79 Å². The fourth-order valence-electron chi connectivity index (χ4n) is 1.74. The van der Waals surface area contributed by atoms with Gasteiger partial charge in [0.05, 0.1) is 18.9 Å². The Bertz CT molecular complexity index is 456. The van der Waals surface area contributed by atoms with Gasteiger partial charge in [0.2, 0.25) is 15.9 Å². The zero-order valence-corrected chi connectivity index (χ0v) is 12.8. The Morgan fingerprint density at radius 3 is 2.35 bits per heavy atom. The first-order chi connectivity index (χ1) is 9.26. The monoisotopic (exact) mass is 306 g/mol. The highest BCUT2D eigenvalue weighted by atomic mass is 32.2. The molecule has 0 bridgehead atoms. The van der Waals surface area contributed by atoms with Crippen molar-refractivity contribution in [3.8, 4) is 0 Å². The highest BCUT2D eigenvalue weighted by Gasteiger charge is 2.35. The van der Waals surface area contributed by atoms with Crippen LogP contribution in [0, 0.1) is 5.92 Å². The van der Waals surface area contributed by atoms with Crippen LogP contribution in [-0.4, -0.2) is 45.2 Å². The van der Waals surface area contributed by atoms with Crippen LogP contribution in [0.5, 0.6) is 0 Å². The summed E-state index contributed by atoms with van der Waals surface area (Å²) in [6.45, 7) is 3.47. The Hall–Kier alpha value is -1.15. The third-order valence-corrected chi connectivity index (χ3v) is 4.82. The molecule has 116 valence electrons. The van der Waals surface area contributed by atoms with E-state index in [0.717, 1.165) is 0 Å². The number of hydrogen-bond acceptors (Lipinski definition) is 5. The molecular formula is C12H22N2O5S. The zero-order valence-electron chi connectivity index (χ0n) is 12.0. The van der Waals surface area contributed by atoms with Crippen molar-refractivity contribution in [3.05, 3.63) is 0 Å². The molecule has 1 fully saturated rings. The van der Waals surface area contributed by atoms with Gasteiger partial charge in [0, 0.05) is 0 Å². The van der Waals surface area contributed by atoms with E-state index in [9.17, 15) is 18.0 Å². The molecule has 1 rings (SSSR count). The van der Waals surface area contributed by atoms with E-state index < -0.39 is 27.9 Å². The van der Waals surface area contributed by atoms with Crippen molar-refractivity contribution < 1.29 is 22.7 Å². The number of hydrogen-bond donors (Lipinski definition) is 2. The molecule has 0 radical (unpaired) electrons. The molecule has 0 aromatic carbocycles.